The molecule has 94 valence electrons. The van der Waals surface area contributed by atoms with Gasteiger partial charge in [-0.1, -0.05) is 25.4 Å². The predicted octanol–water partition coefficient (Wildman–Crippen LogP) is 3.87. The molecule has 2 atom stereocenters. The third-order valence-corrected chi connectivity index (χ3v) is 3.97. The minimum absolute atomic E-state index is 0.250. The van der Waals surface area contributed by atoms with Crippen molar-refractivity contribution in [3.8, 4) is 5.75 Å². The minimum atomic E-state index is 0.250. The smallest absolute Gasteiger partial charge is 0.134 e. The van der Waals surface area contributed by atoms with E-state index in [0.717, 1.165) is 23.2 Å². The van der Waals surface area contributed by atoms with Crippen molar-refractivity contribution in [1.29, 1.82) is 0 Å². The maximum Gasteiger partial charge on any atom is 0.134 e. The van der Waals surface area contributed by atoms with Gasteiger partial charge in [0.25, 0.3) is 0 Å². The molecule has 4 heteroatoms. The van der Waals surface area contributed by atoms with Crippen molar-refractivity contribution < 1.29 is 4.74 Å². The second-order valence-corrected chi connectivity index (χ2v) is 6.10. The van der Waals surface area contributed by atoms with Gasteiger partial charge < -0.3 is 10.1 Å². The van der Waals surface area contributed by atoms with Crippen LogP contribution < -0.4 is 10.1 Å². The number of hydrogen-bond acceptors (Lipinski definition) is 2. The number of halogens is 2. The molecule has 0 spiro atoms. The molecule has 1 aromatic carbocycles. The fourth-order valence-electron chi connectivity index (χ4n) is 2.08. The van der Waals surface area contributed by atoms with Gasteiger partial charge in [0.05, 0.1) is 4.47 Å². The molecule has 2 unspecified atom stereocenters. The van der Waals surface area contributed by atoms with Crippen molar-refractivity contribution in [2.75, 3.05) is 6.54 Å². The SMILES string of the molecule is CC(C)C1CC(Oc2ccc(Cl)cc2Br)CN1. The highest BCUT2D eigenvalue weighted by molar-refractivity contribution is 9.10. The van der Waals surface area contributed by atoms with Gasteiger partial charge in [0, 0.05) is 24.0 Å². The van der Waals surface area contributed by atoms with E-state index in [9.17, 15) is 0 Å². The van der Waals surface area contributed by atoms with E-state index in [1.165, 1.54) is 0 Å². The van der Waals surface area contributed by atoms with E-state index in [2.05, 4.69) is 35.1 Å². The van der Waals surface area contributed by atoms with Crippen LogP contribution in [0.15, 0.2) is 22.7 Å². The standard InChI is InChI=1S/C13H17BrClNO/c1-8(2)12-6-10(7-16-12)17-13-4-3-9(15)5-11(13)14/h3-5,8,10,12,16H,6-7H2,1-2H3. The summed E-state index contributed by atoms with van der Waals surface area (Å²) in [6.45, 7) is 5.38. The summed E-state index contributed by atoms with van der Waals surface area (Å²) in [6, 6.07) is 6.18. The summed E-state index contributed by atoms with van der Waals surface area (Å²) >= 11 is 9.37. The summed E-state index contributed by atoms with van der Waals surface area (Å²) in [5, 5.41) is 4.21. The van der Waals surface area contributed by atoms with Crippen molar-refractivity contribution in [3.05, 3.63) is 27.7 Å². The van der Waals surface area contributed by atoms with Gasteiger partial charge in [0.2, 0.25) is 0 Å². The van der Waals surface area contributed by atoms with E-state index in [1.54, 1.807) is 0 Å². The van der Waals surface area contributed by atoms with E-state index >= 15 is 0 Å². The number of nitrogens with one attached hydrogen (secondary N) is 1. The fraction of sp³-hybridized carbons (Fsp3) is 0.538. The van der Waals surface area contributed by atoms with Gasteiger partial charge in [-0.2, -0.15) is 0 Å². The summed E-state index contributed by atoms with van der Waals surface area (Å²) in [4.78, 5) is 0. The van der Waals surface area contributed by atoms with Gasteiger partial charge in [-0.3, -0.25) is 0 Å². The lowest BCUT2D eigenvalue weighted by Gasteiger charge is -2.16. The maximum atomic E-state index is 5.97. The zero-order valence-corrected chi connectivity index (χ0v) is 12.4. The summed E-state index contributed by atoms with van der Waals surface area (Å²) in [5.74, 6) is 1.52. The zero-order chi connectivity index (χ0) is 12.4. The lowest BCUT2D eigenvalue weighted by Crippen LogP contribution is -2.26. The quantitative estimate of drug-likeness (QED) is 0.913. The Hall–Kier alpha value is -0.250. The van der Waals surface area contributed by atoms with Crippen molar-refractivity contribution in [1.82, 2.24) is 5.32 Å². The van der Waals surface area contributed by atoms with Gasteiger partial charge in [-0.15, -0.1) is 0 Å². The fourth-order valence-corrected chi connectivity index (χ4v) is 2.86. The van der Waals surface area contributed by atoms with Gasteiger partial charge in [0.15, 0.2) is 0 Å². The molecule has 0 bridgehead atoms. The highest BCUT2D eigenvalue weighted by atomic mass is 79.9. The molecule has 1 aliphatic heterocycles. The highest BCUT2D eigenvalue weighted by Gasteiger charge is 2.27. The Labute approximate surface area is 116 Å². The molecule has 1 heterocycles. The van der Waals surface area contributed by atoms with Crippen LogP contribution in [0.5, 0.6) is 5.75 Å². The molecule has 1 aliphatic rings. The number of hydrogen-bond donors (Lipinski definition) is 1. The molecule has 0 aliphatic carbocycles. The van der Waals surface area contributed by atoms with E-state index in [0.29, 0.717) is 17.0 Å². The van der Waals surface area contributed by atoms with Crippen molar-refractivity contribution in [2.45, 2.75) is 32.4 Å². The number of benzene rings is 1. The van der Waals surface area contributed by atoms with Gasteiger partial charge in [-0.05, 0) is 40.0 Å². The molecule has 0 amide bonds. The van der Waals surface area contributed by atoms with E-state index in [-0.39, 0.29) is 6.10 Å². The molecule has 17 heavy (non-hydrogen) atoms. The maximum absolute atomic E-state index is 5.97. The van der Waals surface area contributed by atoms with E-state index < -0.39 is 0 Å². The van der Waals surface area contributed by atoms with Crippen LogP contribution in [0, 0.1) is 5.92 Å². The molecular formula is C13H17BrClNO. The monoisotopic (exact) mass is 317 g/mol. The van der Waals surface area contributed by atoms with Crippen LogP contribution in [0.1, 0.15) is 20.3 Å². The molecule has 1 N–H and O–H groups in total. The van der Waals surface area contributed by atoms with Crippen LogP contribution in [-0.2, 0) is 0 Å². The first kappa shape index (κ1) is 13.2. The Bertz CT molecular complexity index is 397. The zero-order valence-electron chi connectivity index (χ0n) is 10.0. The molecule has 0 saturated carbocycles. The molecular weight excluding hydrogens is 302 g/mol. The van der Waals surface area contributed by atoms with Gasteiger partial charge in [-0.25, -0.2) is 0 Å². The van der Waals surface area contributed by atoms with Crippen LogP contribution in [0.25, 0.3) is 0 Å². The molecule has 0 radical (unpaired) electrons. The van der Waals surface area contributed by atoms with Crippen LogP contribution in [0.4, 0.5) is 0 Å². The first-order valence-corrected chi connectivity index (χ1v) is 7.08. The summed E-state index contributed by atoms with van der Waals surface area (Å²) in [7, 11) is 0. The third-order valence-electron chi connectivity index (χ3n) is 3.12. The van der Waals surface area contributed by atoms with Crippen LogP contribution in [0.2, 0.25) is 5.02 Å². The lowest BCUT2D eigenvalue weighted by molar-refractivity contribution is 0.215. The molecule has 1 aromatic rings. The first-order chi connectivity index (χ1) is 8.06. The average molecular weight is 319 g/mol. The molecule has 2 nitrogen and oxygen atoms in total. The average Bonchev–Trinajstić information content (AvgIpc) is 2.71. The number of rotatable bonds is 3. The Morgan fingerprint density at radius 2 is 2.24 bits per heavy atom. The minimum Gasteiger partial charge on any atom is -0.488 e. The third kappa shape index (κ3) is 3.36. The van der Waals surface area contributed by atoms with Crippen LogP contribution >= 0.6 is 27.5 Å². The second-order valence-electron chi connectivity index (χ2n) is 4.81. The van der Waals surface area contributed by atoms with Crippen LogP contribution in [-0.4, -0.2) is 18.7 Å². The van der Waals surface area contributed by atoms with Crippen molar-refractivity contribution in [3.63, 3.8) is 0 Å². The molecule has 1 saturated heterocycles. The second kappa shape index (κ2) is 5.59. The molecule has 2 rings (SSSR count). The Morgan fingerprint density at radius 1 is 1.47 bits per heavy atom. The largest absolute Gasteiger partial charge is 0.488 e. The molecule has 0 aromatic heterocycles. The normalized spacial score (nSPS) is 24.3. The predicted molar refractivity (Wildman–Crippen MR) is 74.8 cm³/mol. The lowest BCUT2D eigenvalue weighted by atomic mass is 10.0. The summed E-state index contributed by atoms with van der Waals surface area (Å²) in [5.41, 5.74) is 0. The topological polar surface area (TPSA) is 21.3 Å². The van der Waals surface area contributed by atoms with E-state index in [1.807, 2.05) is 18.2 Å². The summed E-state index contributed by atoms with van der Waals surface area (Å²) in [6.07, 6.45) is 1.31. The first-order valence-electron chi connectivity index (χ1n) is 5.91. The number of ether oxygens (including phenoxy) is 1. The van der Waals surface area contributed by atoms with Gasteiger partial charge >= 0.3 is 0 Å². The van der Waals surface area contributed by atoms with E-state index in [4.69, 9.17) is 16.3 Å². The van der Waals surface area contributed by atoms with Crippen molar-refractivity contribution in [2.24, 2.45) is 5.92 Å². The molecule has 1 fully saturated rings. The Balaban J connectivity index is 1.98. The van der Waals surface area contributed by atoms with Crippen molar-refractivity contribution >= 4 is 27.5 Å². The highest BCUT2D eigenvalue weighted by Crippen LogP contribution is 2.30. The van der Waals surface area contributed by atoms with Crippen LogP contribution in [0.3, 0.4) is 0 Å². The Kier molecular flexibility index (Phi) is 4.34. The Morgan fingerprint density at radius 3 is 2.82 bits per heavy atom. The summed E-state index contributed by atoms with van der Waals surface area (Å²) < 4.78 is 6.89. The van der Waals surface area contributed by atoms with Gasteiger partial charge in [0.1, 0.15) is 11.9 Å².